The molecule has 1 aromatic heterocycles. The van der Waals surface area contributed by atoms with Gasteiger partial charge in [-0.3, -0.25) is 9.69 Å². The smallest absolute Gasteiger partial charge is 0.326 e. The third kappa shape index (κ3) is 2.80. The predicted molar refractivity (Wildman–Crippen MR) is 86.2 cm³/mol. The Kier molecular flexibility index (Phi) is 4.28. The molecule has 1 fully saturated rings. The van der Waals surface area contributed by atoms with E-state index in [4.69, 9.17) is 4.74 Å². The van der Waals surface area contributed by atoms with Crippen LogP contribution in [-0.2, 0) is 16.1 Å². The second kappa shape index (κ2) is 6.22. The molecule has 1 aliphatic heterocycles. The molecule has 0 radical (unpaired) electrons. The van der Waals surface area contributed by atoms with Crippen molar-refractivity contribution >= 4 is 17.0 Å². The van der Waals surface area contributed by atoms with E-state index in [1.807, 2.05) is 36.1 Å². The minimum absolute atomic E-state index is 0.183. The number of para-hydroxylation sites is 2. The number of ether oxygens (including phenoxy) is 1. The zero-order valence-corrected chi connectivity index (χ0v) is 13.5. The summed E-state index contributed by atoms with van der Waals surface area (Å²) in [6, 6.07) is 7.72. The van der Waals surface area contributed by atoms with Crippen molar-refractivity contribution in [3.05, 3.63) is 35.7 Å². The molecule has 3 rings (SSSR count). The minimum atomic E-state index is -0.964. The van der Waals surface area contributed by atoms with Gasteiger partial charge < -0.3 is 9.84 Å². The number of hydrogen-bond donors (Lipinski definition) is 1. The third-order valence-electron chi connectivity index (χ3n) is 4.59. The molecule has 122 valence electrons. The molecule has 1 unspecified atom stereocenters. The molecule has 0 spiro atoms. The Morgan fingerprint density at radius 2 is 2.04 bits per heavy atom. The lowest BCUT2D eigenvalue weighted by atomic mass is 9.97. The number of carboxylic acids is 1. The SMILES string of the molecule is COCC1(C(=O)O)CCCN1Cc1nc2ccccc2nc1C. The van der Waals surface area contributed by atoms with E-state index in [2.05, 4.69) is 9.97 Å². The fraction of sp³-hybridized carbons (Fsp3) is 0.471. The van der Waals surface area contributed by atoms with Crippen molar-refractivity contribution in [3.63, 3.8) is 0 Å². The summed E-state index contributed by atoms with van der Waals surface area (Å²) in [7, 11) is 1.54. The summed E-state index contributed by atoms with van der Waals surface area (Å²) in [5, 5.41) is 9.73. The largest absolute Gasteiger partial charge is 0.480 e. The van der Waals surface area contributed by atoms with Gasteiger partial charge in [-0.1, -0.05) is 12.1 Å². The molecule has 2 aromatic rings. The van der Waals surface area contributed by atoms with Crippen LogP contribution >= 0.6 is 0 Å². The fourth-order valence-electron chi connectivity index (χ4n) is 3.33. The van der Waals surface area contributed by atoms with Crippen molar-refractivity contribution in [2.45, 2.75) is 31.8 Å². The lowest BCUT2D eigenvalue weighted by Crippen LogP contribution is -2.53. The highest BCUT2D eigenvalue weighted by Crippen LogP contribution is 2.32. The Morgan fingerprint density at radius 3 is 2.70 bits per heavy atom. The first-order valence-corrected chi connectivity index (χ1v) is 7.76. The number of methoxy groups -OCH3 is 1. The highest BCUT2D eigenvalue weighted by atomic mass is 16.5. The number of fused-ring (bicyclic) bond motifs is 1. The van der Waals surface area contributed by atoms with Crippen molar-refractivity contribution < 1.29 is 14.6 Å². The molecule has 2 heterocycles. The van der Waals surface area contributed by atoms with Gasteiger partial charge in [-0.25, -0.2) is 9.97 Å². The van der Waals surface area contributed by atoms with Gasteiger partial charge in [0.25, 0.3) is 0 Å². The molecule has 1 saturated heterocycles. The monoisotopic (exact) mass is 315 g/mol. The van der Waals surface area contributed by atoms with Crippen LogP contribution in [0.25, 0.3) is 11.0 Å². The van der Waals surface area contributed by atoms with Crippen LogP contribution in [0.5, 0.6) is 0 Å². The number of rotatable bonds is 5. The summed E-state index contributed by atoms with van der Waals surface area (Å²) in [6.07, 6.45) is 1.44. The fourth-order valence-corrected chi connectivity index (χ4v) is 3.33. The highest BCUT2D eigenvalue weighted by Gasteiger charge is 2.48. The van der Waals surface area contributed by atoms with Crippen molar-refractivity contribution in [2.24, 2.45) is 0 Å². The van der Waals surface area contributed by atoms with E-state index in [1.54, 1.807) is 7.11 Å². The number of nitrogens with zero attached hydrogens (tertiary/aromatic N) is 3. The molecule has 1 atom stereocenters. The van der Waals surface area contributed by atoms with E-state index in [-0.39, 0.29) is 6.61 Å². The van der Waals surface area contributed by atoms with Crippen molar-refractivity contribution in [3.8, 4) is 0 Å². The number of aryl methyl sites for hydroxylation is 1. The molecule has 0 saturated carbocycles. The number of carbonyl (C=O) groups is 1. The number of hydrogen-bond acceptors (Lipinski definition) is 5. The number of likely N-dealkylation sites (tertiary alicyclic amines) is 1. The average molecular weight is 315 g/mol. The molecule has 1 aromatic carbocycles. The van der Waals surface area contributed by atoms with E-state index >= 15 is 0 Å². The maximum absolute atomic E-state index is 11.9. The van der Waals surface area contributed by atoms with Gasteiger partial charge in [-0.15, -0.1) is 0 Å². The second-order valence-electron chi connectivity index (χ2n) is 6.04. The molecule has 23 heavy (non-hydrogen) atoms. The Balaban J connectivity index is 1.94. The van der Waals surface area contributed by atoms with Gasteiger partial charge in [-0.05, 0) is 38.4 Å². The Hall–Kier alpha value is -2.05. The number of aliphatic carboxylic acids is 1. The first-order valence-electron chi connectivity index (χ1n) is 7.76. The summed E-state index contributed by atoms with van der Waals surface area (Å²) in [5.74, 6) is -0.830. The summed E-state index contributed by atoms with van der Waals surface area (Å²) in [5.41, 5.74) is 2.39. The molecular weight excluding hydrogens is 294 g/mol. The van der Waals surface area contributed by atoms with Gasteiger partial charge in [0.1, 0.15) is 5.54 Å². The first kappa shape index (κ1) is 15.8. The molecular formula is C17H21N3O3. The van der Waals surface area contributed by atoms with Gasteiger partial charge in [0.15, 0.2) is 0 Å². The number of carboxylic acid groups (broad SMARTS) is 1. The lowest BCUT2D eigenvalue weighted by molar-refractivity contribution is -0.153. The normalized spacial score (nSPS) is 21.8. The van der Waals surface area contributed by atoms with E-state index in [0.717, 1.165) is 35.4 Å². The first-order chi connectivity index (χ1) is 11.1. The van der Waals surface area contributed by atoms with Crippen molar-refractivity contribution in [1.82, 2.24) is 14.9 Å². The molecule has 0 aliphatic carbocycles. The molecule has 1 aliphatic rings. The second-order valence-corrected chi connectivity index (χ2v) is 6.04. The van der Waals surface area contributed by atoms with E-state index in [9.17, 15) is 9.90 Å². The summed E-state index contributed by atoms with van der Waals surface area (Å²) in [6.45, 7) is 3.30. The molecule has 0 amide bonds. The molecule has 6 nitrogen and oxygen atoms in total. The zero-order valence-electron chi connectivity index (χ0n) is 13.5. The van der Waals surface area contributed by atoms with Crippen LogP contribution in [0, 0.1) is 6.92 Å². The van der Waals surface area contributed by atoms with E-state index < -0.39 is 11.5 Å². The van der Waals surface area contributed by atoms with Crippen LogP contribution in [-0.4, -0.2) is 51.7 Å². The number of aromatic nitrogens is 2. The van der Waals surface area contributed by atoms with E-state index in [0.29, 0.717) is 13.0 Å². The van der Waals surface area contributed by atoms with Crippen LogP contribution in [0.4, 0.5) is 0 Å². The van der Waals surface area contributed by atoms with Crippen molar-refractivity contribution in [2.75, 3.05) is 20.3 Å². The Bertz CT molecular complexity index is 734. The summed E-state index contributed by atoms with van der Waals surface area (Å²) in [4.78, 5) is 23.1. The molecule has 0 bridgehead atoms. The van der Waals surface area contributed by atoms with E-state index in [1.165, 1.54) is 0 Å². The van der Waals surface area contributed by atoms with Gasteiger partial charge in [0, 0.05) is 13.7 Å². The van der Waals surface area contributed by atoms with Crippen LogP contribution in [0.15, 0.2) is 24.3 Å². The maximum Gasteiger partial charge on any atom is 0.326 e. The molecule has 6 heteroatoms. The Labute approximate surface area is 135 Å². The van der Waals surface area contributed by atoms with Gasteiger partial charge >= 0.3 is 5.97 Å². The predicted octanol–water partition coefficient (Wildman–Crippen LogP) is 2.00. The van der Waals surface area contributed by atoms with Crippen molar-refractivity contribution in [1.29, 1.82) is 0 Å². The standard InChI is InChI=1S/C17H21N3O3/c1-12-15(19-14-7-4-3-6-13(14)18-12)10-20-9-5-8-17(20,11-23-2)16(21)22/h3-4,6-7H,5,8-11H2,1-2H3,(H,21,22). The zero-order chi connectivity index (χ0) is 16.4. The molecule has 1 N–H and O–H groups in total. The topological polar surface area (TPSA) is 75.6 Å². The van der Waals surface area contributed by atoms with Crippen LogP contribution < -0.4 is 0 Å². The number of benzene rings is 1. The third-order valence-corrected chi connectivity index (χ3v) is 4.59. The summed E-state index contributed by atoms with van der Waals surface area (Å²) < 4.78 is 5.20. The Morgan fingerprint density at radius 1 is 1.35 bits per heavy atom. The van der Waals surface area contributed by atoms with Crippen LogP contribution in [0.1, 0.15) is 24.2 Å². The summed E-state index contributed by atoms with van der Waals surface area (Å²) >= 11 is 0. The highest BCUT2D eigenvalue weighted by molar-refractivity contribution is 5.79. The van der Waals surface area contributed by atoms with Crippen LogP contribution in [0.2, 0.25) is 0 Å². The lowest BCUT2D eigenvalue weighted by Gasteiger charge is -2.34. The average Bonchev–Trinajstić information content (AvgIpc) is 2.92. The van der Waals surface area contributed by atoms with Gasteiger partial charge in [-0.2, -0.15) is 0 Å². The van der Waals surface area contributed by atoms with Gasteiger partial charge in [0.05, 0.1) is 29.0 Å². The minimum Gasteiger partial charge on any atom is -0.480 e. The quantitative estimate of drug-likeness (QED) is 0.909. The maximum atomic E-state index is 11.9. The van der Waals surface area contributed by atoms with Gasteiger partial charge in [0.2, 0.25) is 0 Å². The van der Waals surface area contributed by atoms with Crippen LogP contribution in [0.3, 0.4) is 0 Å².